The summed E-state index contributed by atoms with van der Waals surface area (Å²) in [6.45, 7) is 0.446. The van der Waals surface area contributed by atoms with Gasteiger partial charge in [-0.2, -0.15) is 0 Å². The number of nitrogens with one attached hydrogen (secondary N) is 1. The quantitative estimate of drug-likeness (QED) is 0.852. The molecule has 2 amide bonds. The summed E-state index contributed by atoms with van der Waals surface area (Å²) in [6, 6.07) is 16.8. The number of nitrogens with zero attached hydrogens (tertiary/aromatic N) is 2. The number of para-hydroxylation sites is 1. The lowest BCUT2D eigenvalue weighted by Gasteiger charge is -2.09. The van der Waals surface area contributed by atoms with Gasteiger partial charge in [-0.3, -0.25) is 14.5 Å². The Bertz CT molecular complexity index is 842. The molecule has 1 fully saturated rings. The topological polar surface area (TPSA) is 61.8 Å². The van der Waals surface area contributed by atoms with Gasteiger partial charge in [-0.1, -0.05) is 65.8 Å². The molecule has 3 rings (SSSR count). The van der Waals surface area contributed by atoms with E-state index in [-0.39, 0.29) is 18.2 Å². The Morgan fingerprint density at radius 3 is 2.62 bits per heavy atom. The van der Waals surface area contributed by atoms with Gasteiger partial charge in [0.2, 0.25) is 11.8 Å². The first kappa shape index (κ1) is 18.5. The first-order valence-corrected chi connectivity index (χ1v) is 9.38. The molecule has 1 unspecified atom stereocenters. The third-order valence-corrected chi connectivity index (χ3v) is 5.46. The largest absolute Gasteiger partial charge is 0.352 e. The molecule has 5 nitrogen and oxygen atoms in total. The maximum Gasteiger partial charge on any atom is 0.242 e. The van der Waals surface area contributed by atoms with E-state index in [1.54, 1.807) is 19.2 Å². The molecule has 1 aliphatic rings. The SMILES string of the molecule is CN1C(=O)C(CC(=O)NCc2ccccc2)SC1=Nc1ccccc1Cl. The number of halogens is 1. The van der Waals surface area contributed by atoms with Crippen LogP contribution in [0.15, 0.2) is 59.6 Å². The highest BCUT2D eigenvalue weighted by molar-refractivity contribution is 8.15. The summed E-state index contributed by atoms with van der Waals surface area (Å²) >= 11 is 7.41. The molecule has 0 aromatic heterocycles. The van der Waals surface area contributed by atoms with Crippen molar-refractivity contribution in [2.45, 2.75) is 18.2 Å². The van der Waals surface area contributed by atoms with Gasteiger partial charge in [-0.25, -0.2) is 4.99 Å². The van der Waals surface area contributed by atoms with Crippen molar-refractivity contribution in [1.29, 1.82) is 0 Å². The minimum atomic E-state index is -0.475. The lowest BCUT2D eigenvalue weighted by molar-refractivity contribution is -0.128. The van der Waals surface area contributed by atoms with E-state index in [9.17, 15) is 9.59 Å². The minimum Gasteiger partial charge on any atom is -0.352 e. The van der Waals surface area contributed by atoms with Gasteiger partial charge < -0.3 is 5.32 Å². The van der Waals surface area contributed by atoms with Gasteiger partial charge in [-0.05, 0) is 17.7 Å². The van der Waals surface area contributed by atoms with Gasteiger partial charge in [0.1, 0.15) is 5.25 Å². The monoisotopic (exact) mass is 387 g/mol. The van der Waals surface area contributed by atoms with Crippen LogP contribution in [0, 0.1) is 0 Å². The average Bonchev–Trinajstić information content (AvgIpc) is 2.91. The Labute approximate surface area is 161 Å². The van der Waals surface area contributed by atoms with Crippen LogP contribution in [0.2, 0.25) is 5.02 Å². The van der Waals surface area contributed by atoms with Crippen molar-refractivity contribution in [2.24, 2.45) is 4.99 Å². The zero-order valence-electron chi connectivity index (χ0n) is 14.2. The van der Waals surface area contributed by atoms with E-state index in [4.69, 9.17) is 11.6 Å². The van der Waals surface area contributed by atoms with Gasteiger partial charge in [0.25, 0.3) is 0 Å². The fraction of sp³-hybridized carbons (Fsp3) is 0.211. The third kappa shape index (κ3) is 4.45. The summed E-state index contributed by atoms with van der Waals surface area (Å²) in [5.74, 6) is -0.289. The first-order chi connectivity index (χ1) is 12.5. The van der Waals surface area contributed by atoms with Gasteiger partial charge in [-0.15, -0.1) is 0 Å². The van der Waals surface area contributed by atoms with Crippen molar-refractivity contribution in [3.8, 4) is 0 Å². The average molecular weight is 388 g/mol. The van der Waals surface area contributed by atoms with E-state index in [1.165, 1.54) is 16.7 Å². The highest BCUT2D eigenvalue weighted by Crippen LogP contribution is 2.32. The maximum absolute atomic E-state index is 12.4. The van der Waals surface area contributed by atoms with E-state index in [1.807, 2.05) is 42.5 Å². The lowest BCUT2D eigenvalue weighted by atomic mass is 10.2. The predicted molar refractivity (Wildman–Crippen MR) is 106 cm³/mol. The van der Waals surface area contributed by atoms with Crippen molar-refractivity contribution in [1.82, 2.24) is 10.2 Å². The van der Waals surface area contributed by atoms with Crippen LogP contribution in [-0.2, 0) is 16.1 Å². The van der Waals surface area contributed by atoms with Crippen LogP contribution >= 0.6 is 23.4 Å². The van der Waals surface area contributed by atoms with Crippen LogP contribution < -0.4 is 5.32 Å². The second kappa shape index (κ2) is 8.38. The number of aliphatic imine (C=N–C) groups is 1. The fourth-order valence-electron chi connectivity index (χ4n) is 2.48. The Hall–Kier alpha value is -2.31. The number of carbonyl (C=O) groups is 2. The molecule has 1 N–H and O–H groups in total. The van der Waals surface area contributed by atoms with Crippen molar-refractivity contribution < 1.29 is 9.59 Å². The van der Waals surface area contributed by atoms with Crippen LogP contribution in [0.3, 0.4) is 0 Å². The fourth-order valence-corrected chi connectivity index (χ4v) is 3.81. The molecule has 0 aliphatic carbocycles. The Balaban J connectivity index is 1.62. The Morgan fingerprint density at radius 1 is 1.19 bits per heavy atom. The van der Waals surface area contributed by atoms with Gasteiger partial charge in [0.15, 0.2) is 5.17 Å². The summed E-state index contributed by atoms with van der Waals surface area (Å²) in [4.78, 5) is 30.5. The molecule has 2 aromatic carbocycles. The van der Waals surface area contributed by atoms with Crippen LogP contribution in [0.1, 0.15) is 12.0 Å². The summed E-state index contributed by atoms with van der Waals surface area (Å²) in [5, 5.41) is 3.44. The zero-order chi connectivity index (χ0) is 18.5. The standard InChI is InChI=1S/C19H18ClN3O2S/c1-23-18(25)16(11-17(24)21-12-13-7-3-2-4-8-13)26-19(23)22-15-10-6-5-9-14(15)20/h2-10,16H,11-12H2,1H3,(H,21,24). The van der Waals surface area contributed by atoms with Crippen LogP contribution in [0.4, 0.5) is 5.69 Å². The number of amidine groups is 1. The van der Waals surface area contributed by atoms with E-state index >= 15 is 0 Å². The predicted octanol–water partition coefficient (Wildman–Crippen LogP) is 3.61. The normalized spacial score (nSPS) is 18.4. The molecule has 1 aliphatic heterocycles. The molecule has 1 heterocycles. The van der Waals surface area contributed by atoms with Crippen LogP contribution in [-0.4, -0.2) is 34.2 Å². The molecule has 1 saturated heterocycles. The molecule has 134 valence electrons. The highest BCUT2D eigenvalue weighted by atomic mass is 35.5. The molecule has 0 bridgehead atoms. The minimum absolute atomic E-state index is 0.113. The molecule has 0 saturated carbocycles. The van der Waals surface area contributed by atoms with Crippen molar-refractivity contribution >= 4 is 46.0 Å². The summed E-state index contributed by atoms with van der Waals surface area (Å²) in [7, 11) is 1.66. The summed E-state index contributed by atoms with van der Waals surface area (Å²) in [6.07, 6.45) is 0.113. The van der Waals surface area contributed by atoms with Gasteiger partial charge in [0.05, 0.1) is 10.7 Å². The zero-order valence-corrected chi connectivity index (χ0v) is 15.8. The van der Waals surface area contributed by atoms with Gasteiger partial charge >= 0.3 is 0 Å². The van der Waals surface area contributed by atoms with E-state index in [0.29, 0.717) is 22.4 Å². The number of hydrogen-bond acceptors (Lipinski definition) is 4. The summed E-state index contributed by atoms with van der Waals surface area (Å²) < 4.78 is 0. The molecule has 2 aromatic rings. The van der Waals surface area contributed by atoms with Gasteiger partial charge in [0, 0.05) is 20.0 Å². The Kier molecular flexibility index (Phi) is 5.96. The number of rotatable bonds is 5. The molecular weight excluding hydrogens is 370 g/mol. The van der Waals surface area contributed by atoms with Crippen molar-refractivity contribution in [3.05, 3.63) is 65.2 Å². The molecule has 0 radical (unpaired) electrons. The van der Waals surface area contributed by atoms with E-state index in [2.05, 4.69) is 10.3 Å². The number of thioether (sulfide) groups is 1. The molecule has 7 heteroatoms. The highest BCUT2D eigenvalue weighted by Gasteiger charge is 2.37. The number of amides is 2. The van der Waals surface area contributed by atoms with E-state index in [0.717, 1.165) is 5.56 Å². The lowest BCUT2D eigenvalue weighted by Crippen LogP contribution is -2.32. The molecular formula is C19H18ClN3O2S. The molecule has 0 spiro atoms. The smallest absolute Gasteiger partial charge is 0.242 e. The second-order valence-electron chi connectivity index (χ2n) is 5.82. The molecule has 26 heavy (non-hydrogen) atoms. The van der Waals surface area contributed by atoms with Crippen LogP contribution in [0.5, 0.6) is 0 Å². The van der Waals surface area contributed by atoms with Crippen LogP contribution in [0.25, 0.3) is 0 Å². The van der Waals surface area contributed by atoms with E-state index < -0.39 is 5.25 Å². The maximum atomic E-state index is 12.4. The number of benzene rings is 2. The number of carbonyl (C=O) groups excluding carboxylic acids is 2. The third-order valence-electron chi connectivity index (χ3n) is 3.91. The molecule has 1 atom stereocenters. The number of hydrogen-bond donors (Lipinski definition) is 1. The first-order valence-electron chi connectivity index (χ1n) is 8.12. The van der Waals surface area contributed by atoms with Crippen molar-refractivity contribution in [2.75, 3.05) is 7.05 Å². The van der Waals surface area contributed by atoms with Crippen molar-refractivity contribution in [3.63, 3.8) is 0 Å². The second-order valence-corrected chi connectivity index (χ2v) is 7.39. The Morgan fingerprint density at radius 2 is 1.88 bits per heavy atom. The summed E-state index contributed by atoms with van der Waals surface area (Å²) in [5.41, 5.74) is 1.62.